The van der Waals surface area contributed by atoms with E-state index in [4.69, 9.17) is 10.5 Å². The molecule has 0 aliphatic heterocycles. The number of carbonyl (C=O) groups excluding carboxylic acids is 1. The van der Waals surface area contributed by atoms with Crippen molar-refractivity contribution in [3.63, 3.8) is 0 Å². The van der Waals surface area contributed by atoms with Crippen LogP contribution >= 0.6 is 0 Å². The van der Waals surface area contributed by atoms with Gasteiger partial charge in [-0.05, 0) is 35.6 Å². The molecule has 1 rings (SSSR count). The van der Waals surface area contributed by atoms with E-state index in [-0.39, 0.29) is 17.8 Å². The van der Waals surface area contributed by atoms with Crippen molar-refractivity contribution in [3.05, 3.63) is 35.4 Å². The molecule has 0 amide bonds. The summed E-state index contributed by atoms with van der Waals surface area (Å²) in [7, 11) is 0. The summed E-state index contributed by atoms with van der Waals surface area (Å²) in [6.07, 6.45) is 3.94. The van der Waals surface area contributed by atoms with Crippen molar-refractivity contribution in [1.82, 2.24) is 0 Å². The van der Waals surface area contributed by atoms with Crippen LogP contribution in [-0.4, -0.2) is 12.6 Å². The molecule has 0 heterocycles. The van der Waals surface area contributed by atoms with Gasteiger partial charge in [0.1, 0.15) is 0 Å². The summed E-state index contributed by atoms with van der Waals surface area (Å²) >= 11 is 0. The van der Waals surface area contributed by atoms with Gasteiger partial charge in [0.25, 0.3) is 0 Å². The molecule has 0 aliphatic rings. The molecule has 0 atom stereocenters. The van der Waals surface area contributed by atoms with Gasteiger partial charge < -0.3 is 10.5 Å². The van der Waals surface area contributed by atoms with Crippen LogP contribution in [0.2, 0.25) is 0 Å². The summed E-state index contributed by atoms with van der Waals surface area (Å²) < 4.78 is 4.87. The topological polar surface area (TPSA) is 52.3 Å². The van der Waals surface area contributed by atoms with Crippen LogP contribution in [-0.2, 0) is 14.9 Å². The normalized spacial score (nSPS) is 11.8. The number of hydrogen-bond acceptors (Lipinski definition) is 3. The van der Waals surface area contributed by atoms with Crippen molar-refractivity contribution < 1.29 is 9.53 Å². The molecule has 0 aromatic heterocycles. The Morgan fingerprint density at radius 2 is 2.05 bits per heavy atom. The van der Waals surface area contributed by atoms with E-state index < -0.39 is 0 Å². The number of anilines is 1. The second kappa shape index (κ2) is 6.41. The van der Waals surface area contributed by atoms with Gasteiger partial charge in [-0.3, -0.25) is 4.79 Å². The Morgan fingerprint density at radius 1 is 1.37 bits per heavy atom. The van der Waals surface area contributed by atoms with Crippen molar-refractivity contribution >= 4 is 17.7 Å². The molecule has 0 spiro atoms. The Bertz CT molecular complexity index is 470. The number of carbonyl (C=O) groups is 1. The highest BCUT2D eigenvalue weighted by Crippen LogP contribution is 2.26. The predicted molar refractivity (Wildman–Crippen MR) is 79.8 cm³/mol. The van der Waals surface area contributed by atoms with Crippen molar-refractivity contribution in [2.45, 2.75) is 39.5 Å². The standard InChI is InChI=1S/C16H23NO2/c1-5-19-15(18)8-6-7-12-11-13(16(2,3)4)9-10-14(12)17/h6-7,9-11H,5,8,17H2,1-4H3. The minimum absolute atomic E-state index is 0.0808. The molecule has 0 radical (unpaired) electrons. The largest absolute Gasteiger partial charge is 0.466 e. The Morgan fingerprint density at radius 3 is 2.63 bits per heavy atom. The Labute approximate surface area is 115 Å². The lowest BCUT2D eigenvalue weighted by atomic mass is 9.86. The summed E-state index contributed by atoms with van der Waals surface area (Å²) in [4.78, 5) is 11.2. The molecular formula is C16H23NO2. The van der Waals surface area contributed by atoms with Gasteiger partial charge in [-0.1, -0.05) is 39.0 Å². The molecule has 0 bridgehead atoms. The van der Waals surface area contributed by atoms with Crippen molar-refractivity contribution in [3.8, 4) is 0 Å². The second-order valence-electron chi connectivity index (χ2n) is 5.51. The SMILES string of the molecule is CCOC(=O)CC=Cc1cc(C(C)(C)C)ccc1N. The fourth-order valence-corrected chi connectivity index (χ4v) is 1.69. The van der Waals surface area contributed by atoms with E-state index in [2.05, 4.69) is 26.8 Å². The highest BCUT2D eigenvalue weighted by Gasteiger charge is 2.14. The summed E-state index contributed by atoms with van der Waals surface area (Å²) in [5.41, 5.74) is 8.90. The van der Waals surface area contributed by atoms with E-state index in [0.29, 0.717) is 12.3 Å². The zero-order valence-electron chi connectivity index (χ0n) is 12.2. The minimum Gasteiger partial charge on any atom is -0.466 e. The highest BCUT2D eigenvalue weighted by atomic mass is 16.5. The molecule has 104 valence electrons. The molecule has 1 aromatic carbocycles. The zero-order valence-corrected chi connectivity index (χ0v) is 12.2. The molecule has 19 heavy (non-hydrogen) atoms. The number of nitrogen functional groups attached to an aromatic ring is 1. The first-order chi connectivity index (χ1) is 8.84. The van der Waals surface area contributed by atoms with Crippen molar-refractivity contribution in [1.29, 1.82) is 0 Å². The monoisotopic (exact) mass is 261 g/mol. The van der Waals surface area contributed by atoms with Crippen LogP contribution in [0.25, 0.3) is 6.08 Å². The highest BCUT2D eigenvalue weighted by molar-refractivity contribution is 5.74. The third-order valence-electron chi connectivity index (χ3n) is 2.84. The third-order valence-corrected chi connectivity index (χ3v) is 2.84. The molecule has 0 saturated heterocycles. The number of rotatable bonds is 4. The van der Waals surface area contributed by atoms with Crippen LogP contribution in [0.4, 0.5) is 5.69 Å². The van der Waals surface area contributed by atoms with E-state index in [9.17, 15) is 4.79 Å². The average molecular weight is 261 g/mol. The first-order valence-corrected chi connectivity index (χ1v) is 6.56. The average Bonchev–Trinajstić information content (AvgIpc) is 2.30. The fraction of sp³-hybridized carbons (Fsp3) is 0.438. The van der Waals surface area contributed by atoms with Crippen LogP contribution in [0.1, 0.15) is 45.2 Å². The van der Waals surface area contributed by atoms with Crippen LogP contribution < -0.4 is 5.73 Å². The van der Waals surface area contributed by atoms with Gasteiger partial charge in [0.2, 0.25) is 0 Å². The molecule has 3 heteroatoms. The first-order valence-electron chi connectivity index (χ1n) is 6.56. The quantitative estimate of drug-likeness (QED) is 0.666. The van der Waals surface area contributed by atoms with Crippen molar-refractivity contribution in [2.24, 2.45) is 0 Å². The van der Waals surface area contributed by atoms with E-state index >= 15 is 0 Å². The van der Waals surface area contributed by atoms with Gasteiger partial charge in [-0.15, -0.1) is 0 Å². The van der Waals surface area contributed by atoms with E-state index in [1.165, 1.54) is 5.56 Å². The van der Waals surface area contributed by atoms with Crippen LogP contribution in [0.5, 0.6) is 0 Å². The minimum atomic E-state index is -0.218. The molecule has 1 aromatic rings. The lowest BCUT2D eigenvalue weighted by Crippen LogP contribution is -2.11. The lowest BCUT2D eigenvalue weighted by Gasteiger charge is -2.20. The van der Waals surface area contributed by atoms with Gasteiger partial charge in [-0.2, -0.15) is 0 Å². The van der Waals surface area contributed by atoms with Crippen LogP contribution in [0.15, 0.2) is 24.3 Å². The maximum Gasteiger partial charge on any atom is 0.309 e. The van der Waals surface area contributed by atoms with Crippen LogP contribution in [0, 0.1) is 0 Å². The van der Waals surface area contributed by atoms with E-state index in [1.807, 2.05) is 18.2 Å². The molecule has 2 N–H and O–H groups in total. The summed E-state index contributed by atoms with van der Waals surface area (Å²) in [6, 6.07) is 6.01. The van der Waals surface area contributed by atoms with E-state index in [1.54, 1.807) is 13.0 Å². The van der Waals surface area contributed by atoms with Gasteiger partial charge in [0, 0.05) is 5.69 Å². The zero-order chi connectivity index (χ0) is 14.5. The maximum atomic E-state index is 11.2. The number of hydrogen-bond donors (Lipinski definition) is 1. The molecule has 3 nitrogen and oxygen atoms in total. The smallest absolute Gasteiger partial charge is 0.309 e. The Balaban J connectivity index is 2.83. The second-order valence-corrected chi connectivity index (χ2v) is 5.51. The van der Waals surface area contributed by atoms with Gasteiger partial charge in [-0.25, -0.2) is 0 Å². The number of esters is 1. The van der Waals surface area contributed by atoms with Crippen molar-refractivity contribution in [2.75, 3.05) is 12.3 Å². The predicted octanol–water partition coefficient (Wildman–Crippen LogP) is 3.53. The summed E-state index contributed by atoms with van der Waals surface area (Å²) in [5.74, 6) is -0.218. The Kier molecular flexibility index (Phi) is 5.16. The fourth-order valence-electron chi connectivity index (χ4n) is 1.69. The summed E-state index contributed by atoms with van der Waals surface area (Å²) in [5, 5.41) is 0. The molecule has 0 saturated carbocycles. The van der Waals surface area contributed by atoms with Crippen LogP contribution in [0.3, 0.4) is 0 Å². The maximum absolute atomic E-state index is 11.2. The molecule has 0 unspecified atom stereocenters. The van der Waals surface area contributed by atoms with E-state index in [0.717, 1.165) is 5.56 Å². The lowest BCUT2D eigenvalue weighted by molar-refractivity contribution is -0.142. The van der Waals surface area contributed by atoms with Gasteiger partial charge >= 0.3 is 5.97 Å². The summed E-state index contributed by atoms with van der Waals surface area (Å²) in [6.45, 7) is 8.68. The Hall–Kier alpha value is -1.77. The molecular weight excluding hydrogens is 238 g/mol. The number of nitrogens with two attached hydrogens (primary N) is 1. The number of benzene rings is 1. The van der Waals surface area contributed by atoms with Gasteiger partial charge in [0.05, 0.1) is 13.0 Å². The third kappa shape index (κ3) is 4.78. The molecule has 0 fully saturated rings. The van der Waals surface area contributed by atoms with Gasteiger partial charge in [0.15, 0.2) is 0 Å². The number of ether oxygens (including phenoxy) is 1. The first kappa shape index (κ1) is 15.3. The molecule has 0 aliphatic carbocycles.